The predicted molar refractivity (Wildman–Crippen MR) is 89.3 cm³/mol. The maximum atomic E-state index is 13.0. The molecule has 8 nitrogen and oxygen atoms in total. The Morgan fingerprint density at radius 2 is 2.12 bits per heavy atom. The Morgan fingerprint density at radius 3 is 2.81 bits per heavy atom. The summed E-state index contributed by atoms with van der Waals surface area (Å²) in [7, 11) is 1.48. The lowest BCUT2D eigenvalue weighted by atomic mass is 9.68. The van der Waals surface area contributed by atoms with Crippen LogP contribution in [0.25, 0.3) is 0 Å². The van der Waals surface area contributed by atoms with Gasteiger partial charge in [0.15, 0.2) is 5.41 Å². The van der Waals surface area contributed by atoms with Crippen molar-refractivity contribution < 1.29 is 23.8 Å². The van der Waals surface area contributed by atoms with E-state index in [0.717, 1.165) is 0 Å². The topological polar surface area (TPSA) is 124 Å². The van der Waals surface area contributed by atoms with Crippen LogP contribution in [0.2, 0.25) is 0 Å². The summed E-state index contributed by atoms with van der Waals surface area (Å²) < 4.78 is 15.6. The number of rotatable bonds is 4. The summed E-state index contributed by atoms with van der Waals surface area (Å²) in [4.78, 5) is 25.8. The summed E-state index contributed by atoms with van der Waals surface area (Å²) in [6, 6.07) is 8.57. The van der Waals surface area contributed by atoms with E-state index in [1.807, 2.05) is 6.07 Å². The molecule has 0 radical (unpaired) electrons. The molecule has 0 unspecified atom stereocenters. The van der Waals surface area contributed by atoms with E-state index in [0.29, 0.717) is 17.0 Å². The summed E-state index contributed by atoms with van der Waals surface area (Å²) in [5.74, 6) is -1.20. The molecule has 2 aliphatic rings. The number of para-hydroxylation sites is 1. The molecule has 2 heterocycles. The molecular weight excluding hydrogens is 338 g/mol. The Morgan fingerprint density at radius 1 is 1.38 bits per heavy atom. The zero-order valence-electron chi connectivity index (χ0n) is 14.3. The molecule has 0 fully saturated rings. The molecule has 3 rings (SSSR count). The minimum absolute atomic E-state index is 0.00954. The van der Waals surface area contributed by atoms with Crippen molar-refractivity contribution in [2.45, 2.75) is 12.3 Å². The number of esters is 1. The number of nitriles is 1. The number of fused-ring (bicyclic) bond motifs is 2. The Hall–Kier alpha value is -3.31. The van der Waals surface area contributed by atoms with Gasteiger partial charge < -0.3 is 25.3 Å². The number of benzene rings is 1. The fourth-order valence-electron chi connectivity index (χ4n) is 3.31. The Balaban J connectivity index is 2.23. The van der Waals surface area contributed by atoms with Gasteiger partial charge in [-0.1, -0.05) is 18.2 Å². The van der Waals surface area contributed by atoms with Crippen molar-refractivity contribution in [3.8, 4) is 11.8 Å². The van der Waals surface area contributed by atoms with Crippen molar-refractivity contribution >= 4 is 11.9 Å². The monoisotopic (exact) mass is 355 g/mol. The maximum Gasteiger partial charge on any atom is 0.337 e. The number of allylic oxidation sites excluding steroid dienone is 1. The highest BCUT2D eigenvalue weighted by molar-refractivity contribution is 6.12. The molecule has 3 N–H and O–H groups in total. The molecule has 0 aliphatic carbocycles. The Labute approximate surface area is 149 Å². The number of carbonyl (C=O) groups excluding carboxylic acids is 2. The van der Waals surface area contributed by atoms with E-state index in [1.165, 1.54) is 7.11 Å². The van der Waals surface area contributed by atoms with Gasteiger partial charge >= 0.3 is 5.97 Å². The fraction of sp³-hybridized carbons (Fsp3) is 0.278. The van der Waals surface area contributed by atoms with Crippen molar-refractivity contribution in [1.29, 1.82) is 5.26 Å². The normalized spacial score (nSPS) is 21.2. The lowest BCUT2D eigenvalue weighted by Gasteiger charge is -2.34. The molecule has 8 heteroatoms. The standard InChI is InChI=1S/C18H17N3O5/c1-10-14(16(22)25-8-7-24-2)18(17(23)21-10)11-5-3-4-6-13(11)26-15(20)12(18)9-19/h3-6H,7-8,20H2,1-2H3,(H,21,23)/t18-/m1/s1. The number of ether oxygens (including phenoxy) is 3. The molecule has 0 saturated carbocycles. The van der Waals surface area contributed by atoms with Crippen molar-refractivity contribution in [2.24, 2.45) is 5.73 Å². The summed E-state index contributed by atoms with van der Waals surface area (Å²) in [5.41, 5.74) is 4.74. The van der Waals surface area contributed by atoms with Gasteiger partial charge in [-0.2, -0.15) is 5.26 Å². The van der Waals surface area contributed by atoms with Gasteiger partial charge in [-0.05, 0) is 13.0 Å². The number of amides is 1. The fourth-order valence-corrected chi connectivity index (χ4v) is 3.31. The van der Waals surface area contributed by atoms with Crippen LogP contribution in [0.5, 0.6) is 5.75 Å². The molecule has 1 spiro atoms. The van der Waals surface area contributed by atoms with Crippen molar-refractivity contribution in [1.82, 2.24) is 5.32 Å². The smallest absolute Gasteiger partial charge is 0.337 e. The Kier molecular flexibility index (Phi) is 4.40. The van der Waals surface area contributed by atoms with Crippen LogP contribution < -0.4 is 15.8 Å². The quantitative estimate of drug-likeness (QED) is 0.599. The third kappa shape index (κ3) is 2.33. The molecule has 26 heavy (non-hydrogen) atoms. The van der Waals surface area contributed by atoms with Crippen LogP contribution in [0.4, 0.5) is 0 Å². The first-order chi connectivity index (χ1) is 12.5. The lowest BCUT2D eigenvalue weighted by Crippen LogP contribution is -2.46. The second kappa shape index (κ2) is 6.54. The average Bonchev–Trinajstić information content (AvgIpc) is 2.86. The lowest BCUT2D eigenvalue weighted by molar-refractivity contribution is -0.141. The Bertz CT molecular complexity index is 896. The van der Waals surface area contributed by atoms with Crippen LogP contribution in [0.15, 0.2) is 47.0 Å². The molecule has 0 aromatic heterocycles. The number of hydrogen-bond donors (Lipinski definition) is 2. The summed E-state index contributed by atoms with van der Waals surface area (Å²) in [5, 5.41) is 12.3. The summed E-state index contributed by atoms with van der Waals surface area (Å²) in [6.45, 7) is 1.79. The highest BCUT2D eigenvalue weighted by atomic mass is 16.6. The van der Waals surface area contributed by atoms with Crippen LogP contribution in [0.1, 0.15) is 12.5 Å². The van der Waals surface area contributed by atoms with Gasteiger partial charge in [0.1, 0.15) is 24.0 Å². The first kappa shape index (κ1) is 17.5. The zero-order chi connectivity index (χ0) is 18.9. The number of methoxy groups -OCH3 is 1. The minimum atomic E-state index is -1.71. The highest BCUT2D eigenvalue weighted by Gasteiger charge is 2.59. The van der Waals surface area contributed by atoms with E-state index in [1.54, 1.807) is 31.2 Å². The van der Waals surface area contributed by atoms with E-state index < -0.39 is 17.3 Å². The third-order valence-corrected chi connectivity index (χ3v) is 4.36. The van der Waals surface area contributed by atoms with Gasteiger partial charge in [0.2, 0.25) is 11.8 Å². The first-order valence-electron chi connectivity index (χ1n) is 7.85. The van der Waals surface area contributed by atoms with Crippen LogP contribution in [-0.4, -0.2) is 32.2 Å². The van der Waals surface area contributed by atoms with Gasteiger partial charge in [-0.25, -0.2) is 4.79 Å². The number of hydrogen-bond acceptors (Lipinski definition) is 7. The van der Waals surface area contributed by atoms with Crippen LogP contribution in [0.3, 0.4) is 0 Å². The summed E-state index contributed by atoms with van der Waals surface area (Å²) in [6.07, 6.45) is 0. The van der Waals surface area contributed by atoms with Crippen LogP contribution in [-0.2, 0) is 24.5 Å². The highest BCUT2D eigenvalue weighted by Crippen LogP contribution is 2.51. The van der Waals surface area contributed by atoms with Gasteiger partial charge in [0, 0.05) is 18.4 Å². The van der Waals surface area contributed by atoms with Crippen LogP contribution in [0, 0.1) is 11.3 Å². The van der Waals surface area contributed by atoms with E-state index >= 15 is 0 Å². The molecule has 134 valence electrons. The van der Waals surface area contributed by atoms with Crippen LogP contribution >= 0.6 is 0 Å². The van der Waals surface area contributed by atoms with Crippen molar-refractivity contribution in [2.75, 3.05) is 20.3 Å². The molecule has 1 aromatic rings. The van der Waals surface area contributed by atoms with Gasteiger partial charge in [0.05, 0.1) is 12.2 Å². The van der Waals surface area contributed by atoms with Gasteiger partial charge in [-0.15, -0.1) is 0 Å². The molecule has 1 amide bonds. The molecule has 0 bridgehead atoms. The molecule has 2 aliphatic heterocycles. The zero-order valence-corrected chi connectivity index (χ0v) is 14.3. The third-order valence-electron chi connectivity index (χ3n) is 4.36. The molecule has 1 atom stereocenters. The average molecular weight is 355 g/mol. The molecular formula is C18H17N3O5. The SMILES string of the molecule is COCCOC(=O)C1=C(C)NC(=O)[C@]12C(C#N)=C(N)Oc1ccccc12. The van der Waals surface area contributed by atoms with E-state index in [2.05, 4.69) is 5.32 Å². The van der Waals surface area contributed by atoms with Crippen molar-refractivity contribution in [3.05, 3.63) is 52.6 Å². The minimum Gasteiger partial charge on any atom is -0.460 e. The second-order valence-corrected chi connectivity index (χ2v) is 5.78. The predicted octanol–water partition coefficient (Wildman–Crippen LogP) is 0.604. The van der Waals surface area contributed by atoms with E-state index in [9.17, 15) is 14.9 Å². The van der Waals surface area contributed by atoms with E-state index in [4.69, 9.17) is 19.9 Å². The van der Waals surface area contributed by atoms with Crippen molar-refractivity contribution in [3.63, 3.8) is 0 Å². The first-order valence-corrected chi connectivity index (χ1v) is 7.85. The number of nitrogens with two attached hydrogens (primary N) is 1. The maximum absolute atomic E-state index is 13.0. The van der Waals surface area contributed by atoms with Gasteiger partial charge in [-0.3, -0.25) is 4.79 Å². The van der Waals surface area contributed by atoms with Gasteiger partial charge in [0.25, 0.3) is 0 Å². The molecule has 1 aromatic carbocycles. The number of carbonyl (C=O) groups is 2. The number of nitrogens with one attached hydrogen (secondary N) is 1. The summed E-state index contributed by atoms with van der Waals surface area (Å²) >= 11 is 0. The number of nitrogens with zero attached hydrogens (tertiary/aromatic N) is 1. The molecule has 0 saturated heterocycles. The van der Waals surface area contributed by atoms with E-state index in [-0.39, 0.29) is 30.2 Å². The second-order valence-electron chi connectivity index (χ2n) is 5.78. The largest absolute Gasteiger partial charge is 0.460 e.